The Kier molecular flexibility index (Phi) is 2.07. The maximum Gasteiger partial charge on any atom is 0.0665 e. The summed E-state index contributed by atoms with van der Waals surface area (Å²) in [6.45, 7) is 0. The van der Waals surface area contributed by atoms with Crippen LogP contribution in [-0.2, 0) is 0 Å². The van der Waals surface area contributed by atoms with Gasteiger partial charge in [0.05, 0.1) is 5.69 Å². The highest BCUT2D eigenvalue weighted by Crippen LogP contribution is 2.18. The van der Waals surface area contributed by atoms with Crippen LogP contribution >= 0.6 is 0 Å². The van der Waals surface area contributed by atoms with Gasteiger partial charge in [-0.05, 0) is 24.3 Å². The van der Waals surface area contributed by atoms with E-state index in [1.165, 1.54) is 0 Å². The number of nitrogens with one attached hydrogen (secondary N) is 1. The molecule has 0 saturated carbocycles. The molecule has 0 fully saturated rings. The molecule has 0 radical (unpaired) electrons. The summed E-state index contributed by atoms with van der Waals surface area (Å²) in [5.74, 6) is 0. The summed E-state index contributed by atoms with van der Waals surface area (Å²) in [6, 6.07) is 14.3. The fourth-order valence-electron chi connectivity index (χ4n) is 1.73. The molecule has 16 heavy (non-hydrogen) atoms. The van der Waals surface area contributed by atoms with Crippen LogP contribution in [-0.4, -0.2) is 14.8 Å². The molecule has 0 unspecified atom stereocenters. The van der Waals surface area contributed by atoms with Gasteiger partial charge in [-0.25, -0.2) is 0 Å². The van der Waals surface area contributed by atoms with Crippen molar-refractivity contribution < 1.29 is 0 Å². The average Bonchev–Trinajstić information content (AvgIpc) is 3.01. The summed E-state index contributed by atoms with van der Waals surface area (Å²) in [5.41, 5.74) is 3.34. The number of hydrogen-bond donors (Lipinski definition) is 1. The second-order valence-electron chi connectivity index (χ2n) is 3.61. The molecule has 1 aromatic carbocycles. The van der Waals surface area contributed by atoms with Crippen LogP contribution < -0.4 is 0 Å². The Bertz CT molecular complexity index is 564. The predicted molar refractivity (Wildman–Crippen MR) is 63.4 cm³/mol. The molecule has 0 saturated heterocycles. The van der Waals surface area contributed by atoms with E-state index in [1.54, 1.807) is 6.20 Å². The maximum atomic E-state index is 3.95. The zero-order valence-electron chi connectivity index (χ0n) is 8.67. The lowest BCUT2D eigenvalue weighted by atomic mass is 10.2. The topological polar surface area (TPSA) is 33.6 Å². The van der Waals surface area contributed by atoms with Crippen molar-refractivity contribution in [1.82, 2.24) is 14.8 Å². The number of H-pyrrole nitrogens is 1. The third-order valence-electron chi connectivity index (χ3n) is 2.56. The van der Waals surface area contributed by atoms with Crippen molar-refractivity contribution in [2.45, 2.75) is 0 Å². The highest BCUT2D eigenvalue weighted by atomic mass is 15.1. The van der Waals surface area contributed by atoms with Gasteiger partial charge in [0.15, 0.2) is 0 Å². The molecule has 3 rings (SSSR count). The molecule has 2 heterocycles. The predicted octanol–water partition coefficient (Wildman–Crippen LogP) is 2.87. The van der Waals surface area contributed by atoms with E-state index in [0.29, 0.717) is 0 Å². The van der Waals surface area contributed by atoms with Gasteiger partial charge in [0.2, 0.25) is 0 Å². The molecule has 0 bridgehead atoms. The Labute approximate surface area is 93.4 Å². The molecule has 0 aliphatic rings. The minimum atomic E-state index is 1.04. The SMILES string of the molecule is c1ccc(-n2ccc(-c3ccn[nH]3)c2)cc1. The Hall–Kier alpha value is -2.29. The van der Waals surface area contributed by atoms with E-state index >= 15 is 0 Å². The molecule has 2 aromatic heterocycles. The van der Waals surface area contributed by atoms with Crippen LogP contribution in [0.3, 0.4) is 0 Å². The normalized spacial score (nSPS) is 10.5. The van der Waals surface area contributed by atoms with Crippen LogP contribution in [0.1, 0.15) is 0 Å². The number of benzene rings is 1. The number of hydrogen-bond acceptors (Lipinski definition) is 1. The monoisotopic (exact) mass is 209 g/mol. The van der Waals surface area contributed by atoms with Crippen molar-refractivity contribution in [2.24, 2.45) is 0 Å². The largest absolute Gasteiger partial charge is 0.323 e. The van der Waals surface area contributed by atoms with Crippen LogP contribution in [0.5, 0.6) is 0 Å². The second-order valence-corrected chi connectivity index (χ2v) is 3.61. The molecule has 3 aromatic rings. The fraction of sp³-hybridized carbons (Fsp3) is 0. The van der Waals surface area contributed by atoms with E-state index in [1.807, 2.05) is 30.5 Å². The Morgan fingerprint density at radius 1 is 1.00 bits per heavy atom. The molecule has 3 nitrogen and oxygen atoms in total. The summed E-state index contributed by atoms with van der Waals surface area (Å²) < 4.78 is 2.09. The van der Waals surface area contributed by atoms with Crippen LogP contribution in [0.25, 0.3) is 16.9 Å². The standard InChI is InChI=1S/C13H11N3/c1-2-4-12(5-3-1)16-9-7-11(10-16)13-6-8-14-15-13/h1-10H,(H,14,15). The highest BCUT2D eigenvalue weighted by Gasteiger charge is 2.01. The lowest BCUT2D eigenvalue weighted by Crippen LogP contribution is -1.87. The molecular formula is C13H11N3. The summed E-state index contributed by atoms with van der Waals surface area (Å²) in [5, 5.41) is 6.90. The maximum absolute atomic E-state index is 3.95. The number of rotatable bonds is 2. The van der Waals surface area contributed by atoms with Gasteiger partial charge in [-0.1, -0.05) is 18.2 Å². The first-order chi connectivity index (χ1) is 7.93. The first-order valence-electron chi connectivity index (χ1n) is 5.17. The van der Waals surface area contributed by atoms with E-state index in [4.69, 9.17) is 0 Å². The molecule has 78 valence electrons. The Morgan fingerprint density at radius 2 is 1.88 bits per heavy atom. The van der Waals surface area contributed by atoms with Crippen molar-refractivity contribution in [3.05, 3.63) is 61.1 Å². The number of para-hydroxylation sites is 1. The van der Waals surface area contributed by atoms with Crippen molar-refractivity contribution in [1.29, 1.82) is 0 Å². The smallest absolute Gasteiger partial charge is 0.0665 e. The second kappa shape index (κ2) is 3.70. The third-order valence-corrected chi connectivity index (χ3v) is 2.56. The van der Waals surface area contributed by atoms with Gasteiger partial charge < -0.3 is 4.57 Å². The van der Waals surface area contributed by atoms with Gasteiger partial charge in [0.1, 0.15) is 0 Å². The molecule has 1 N–H and O–H groups in total. The first-order valence-corrected chi connectivity index (χ1v) is 5.17. The van der Waals surface area contributed by atoms with Gasteiger partial charge in [-0.3, -0.25) is 5.10 Å². The van der Waals surface area contributed by atoms with E-state index < -0.39 is 0 Å². The van der Waals surface area contributed by atoms with E-state index in [-0.39, 0.29) is 0 Å². The Balaban J connectivity index is 2.00. The number of aromatic nitrogens is 3. The van der Waals surface area contributed by atoms with Gasteiger partial charge in [-0.2, -0.15) is 5.10 Å². The van der Waals surface area contributed by atoms with Crippen molar-refractivity contribution >= 4 is 0 Å². The summed E-state index contributed by atoms with van der Waals surface area (Å²) in [6.07, 6.45) is 5.89. The average molecular weight is 209 g/mol. The van der Waals surface area contributed by atoms with Crippen LogP contribution in [0.4, 0.5) is 0 Å². The van der Waals surface area contributed by atoms with Crippen LogP contribution in [0.2, 0.25) is 0 Å². The highest BCUT2D eigenvalue weighted by molar-refractivity contribution is 5.58. The zero-order chi connectivity index (χ0) is 10.8. The van der Waals surface area contributed by atoms with Crippen molar-refractivity contribution in [2.75, 3.05) is 0 Å². The minimum Gasteiger partial charge on any atom is -0.323 e. The fourth-order valence-corrected chi connectivity index (χ4v) is 1.73. The third kappa shape index (κ3) is 1.52. The quantitative estimate of drug-likeness (QED) is 0.691. The van der Waals surface area contributed by atoms with E-state index in [9.17, 15) is 0 Å². The number of aromatic amines is 1. The molecule has 0 atom stereocenters. The lowest BCUT2D eigenvalue weighted by Gasteiger charge is -2.00. The molecule has 0 amide bonds. The molecule has 0 aliphatic heterocycles. The zero-order valence-corrected chi connectivity index (χ0v) is 8.67. The van der Waals surface area contributed by atoms with Crippen molar-refractivity contribution in [3.8, 4) is 16.9 Å². The molecule has 0 aliphatic carbocycles. The number of nitrogens with zero attached hydrogens (tertiary/aromatic N) is 2. The molecule has 3 heteroatoms. The van der Waals surface area contributed by atoms with Crippen LogP contribution in [0.15, 0.2) is 61.1 Å². The lowest BCUT2D eigenvalue weighted by molar-refractivity contribution is 1.07. The van der Waals surface area contributed by atoms with Gasteiger partial charge in [0.25, 0.3) is 0 Å². The van der Waals surface area contributed by atoms with Gasteiger partial charge in [0, 0.05) is 29.8 Å². The van der Waals surface area contributed by atoms with E-state index in [2.05, 4.69) is 39.2 Å². The Morgan fingerprint density at radius 3 is 2.62 bits per heavy atom. The molecule has 0 spiro atoms. The summed E-state index contributed by atoms with van der Waals surface area (Å²) in [4.78, 5) is 0. The minimum absolute atomic E-state index is 1.04. The van der Waals surface area contributed by atoms with Crippen LogP contribution in [0, 0.1) is 0 Å². The summed E-state index contributed by atoms with van der Waals surface area (Å²) in [7, 11) is 0. The van der Waals surface area contributed by atoms with Gasteiger partial charge >= 0.3 is 0 Å². The summed E-state index contributed by atoms with van der Waals surface area (Å²) >= 11 is 0. The first kappa shape index (κ1) is 8.97. The van der Waals surface area contributed by atoms with Gasteiger partial charge in [-0.15, -0.1) is 0 Å². The van der Waals surface area contributed by atoms with Crippen molar-refractivity contribution in [3.63, 3.8) is 0 Å². The van der Waals surface area contributed by atoms with E-state index in [0.717, 1.165) is 16.9 Å². The molecular weight excluding hydrogens is 198 g/mol.